The molecule has 0 unspecified atom stereocenters. The van der Waals surface area contributed by atoms with E-state index < -0.39 is 17.9 Å². The molecule has 21 heavy (non-hydrogen) atoms. The molecule has 0 aromatic rings. The predicted octanol–water partition coefficient (Wildman–Crippen LogP) is -0.0552. The number of hydrogen-bond donors (Lipinski definition) is 1. The van der Waals surface area contributed by atoms with Crippen molar-refractivity contribution in [3.05, 3.63) is 11.3 Å². The number of fused-ring (bicyclic) bond motifs is 1. The standard InChI is InChI=1S/C13H18N2O6/c1-4-9-20-5-7-8(6-21-9)11(13(17)19-3)15-14-10(7)12(16)18-2/h7,9,15H,4-6H2,1-3H3/t7-,9-/m1/s1. The van der Waals surface area contributed by atoms with E-state index in [1.165, 1.54) is 14.2 Å². The van der Waals surface area contributed by atoms with Crippen molar-refractivity contribution < 1.29 is 28.5 Å². The molecule has 116 valence electrons. The van der Waals surface area contributed by atoms with E-state index in [4.69, 9.17) is 18.9 Å². The molecule has 2 aliphatic heterocycles. The van der Waals surface area contributed by atoms with E-state index in [1.54, 1.807) is 0 Å². The lowest BCUT2D eigenvalue weighted by molar-refractivity contribution is -0.137. The SMILES string of the molecule is CC[C@H]1OCC2=C(C(=O)OC)NN=C(C(=O)OC)[C@@H]2CO1. The Morgan fingerprint density at radius 1 is 1.29 bits per heavy atom. The number of methoxy groups -OCH3 is 2. The third-order valence-electron chi connectivity index (χ3n) is 3.35. The Morgan fingerprint density at radius 3 is 2.62 bits per heavy atom. The maximum Gasteiger partial charge on any atom is 0.356 e. The van der Waals surface area contributed by atoms with Crippen molar-refractivity contribution >= 4 is 17.7 Å². The Balaban J connectivity index is 2.36. The van der Waals surface area contributed by atoms with Crippen LogP contribution in [0, 0.1) is 5.92 Å². The number of hydrogen-bond acceptors (Lipinski definition) is 8. The van der Waals surface area contributed by atoms with Gasteiger partial charge >= 0.3 is 11.9 Å². The van der Waals surface area contributed by atoms with E-state index in [2.05, 4.69) is 10.5 Å². The van der Waals surface area contributed by atoms with Crippen LogP contribution in [0.2, 0.25) is 0 Å². The van der Waals surface area contributed by atoms with Gasteiger partial charge in [-0.1, -0.05) is 6.92 Å². The molecule has 0 bridgehead atoms. The summed E-state index contributed by atoms with van der Waals surface area (Å²) in [4.78, 5) is 23.6. The van der Waals surface area contributed by atoms with Crippen molar-refractivity contribution in [3.8, 4) is 0 Å². The molecule has 0 radical (unpaired) electrons. The Bertz CT molecular complexity index is 499. The number of ether oxygens (including phenoxy) is 4. The second kappa shape index (κ2) is 6.68. The first-order valence-corrected chi connectivity index (χ1v) is 6.58. The van der Waals surface area contributed by atoms with E-state index in [0.29, 0.717) is 12.0 Å². The van der Waals surface area contributed by atoms with Crippen molar-refractivity contribution in [1.29, 1.82) is 0 Å². The average Bonchev–Trinajstić information content (AvgIpc) is 2.75. The number of esters is 2. The lowest BCUT2D eigenvalue weighted by Gasteiger charge is -2.24. The summed E-state index contributed by atoms with van der Waals surface area (Å²) in [5.41, 5.74) is 3.46. The number of nitrogens with one attached hydrogen (secondary N) is 1. The molecule has 0 saturated carbocycles. The Morgan fingerprint density at radius 2 is 2.00 bits per heavy atom. The Labute approximate surface area is 122 Å². The molecule has 1 N–H and O–H groups in total. The summed E-state index contributed by atoms with van der Waals surface area (Å²) in [5, 5.41) is 3.93. The average molecular weight is 298 g/mol. The van der Waals surface area contributed by atoms with Gasteiger partial charge in [0.1, 0.15) is 5.70 Å². The second-order valence-corrected chi connectivity index (χ2v) is 4.53. The topological polar surface area (TPSA) is 95.5 Å². The Kier molecular flexibility index (Phi) is 4.92. The van der Waals surface area contributed by atoms with Crippen LogP contribution in [-0.4, -0.2) is 51.4 Å². The summed E-state index contributed by atoms with van der Waals surface area (Å²) < 4.78 is 20.6. The van der Waals surface area contributed by atoms with Crippen LogP contribution in [0.5, 0.6) is 0 Å². The quantitative estimate of drug-likeness (QED) is 0.729. The zero-order chi connectivity index (χ0) is 15.4. The minimum Gasteiger partial charge on any atom is -0.464 e. The summed E-state index contributed by atoms with van der Waals surface area (Å²) in [7, 11) is 2.54. The number of hydrazone groups is 1. The van der Waals surface area contributed by atoms with E-state index >= 15 is 0 Å². The molecule has 0 aliphatic carbocycles. The maximum atomic E-state index is 11.8. The van der Waals surface area contributed by atoms with Crippen LogP contribution < -0.4 is 5.43 Å². The number of carbonyl (C=O) groups excluding carboxylic acids is 2. The van der Waals surface area contributed by atoms with Gasteiger partial charge in [0, 0.05) is 0 Å². The highest BCUT2D eigenvalue weighted by molar-refractivity contribution is 6.38. The van der Waals surface area contributed by atoms with Gasteiger partial charge in [-0.15, -0.1) is 0 Å². The minimum atomic E-state index is -0.576. The van der Waals surface area contributed by atoms with E-state index in [-0.39, 0.29) is 30.9 Å². The lowest BCUT2D eigenvalue weighted by Crippen LogP contribution is -2.39. The Hall–Kier alpha value is -1.93. The van der Waals surface area contributed by atoms with Gasteiger partial charge in [0.15, 0.2) is 12.0 Å². The second-order valence-electron chi connectivity index (χ2n) is 4.53. The normalized spacial score (nSPS) is 25.2. The first kappa shape index (κ1) is 15.5. The highest BCUT2D eigenvalue weighted by atomic mass is 16.7. The molecule has 2 rings (SSSR count). The van der Waals surface area contributed by atoms with Crippen molar-refractivity contribution in [2.24, 2.45) is 11.0 Å². The number of carbonyl (C=O) groups is 2. The van der Waals surface area contributed by atoms with Crippen LogP contribution in [0.25, 0.3) is 0 Å². The number of nitrogens with zero attached hydrogens (tertiary/aromatic N) is 1. The summed E-state index contributed by atoms with van der Waals surface area (Å²) in [6.45, 7) is 2.25. The van der Waals surface area contributed by atoms with Gasteiger partial charge in [0.2, 0.25) is 0 Å². The van der Waals surface area contributed by atoms with Crippen LogP contribution >= 0.6 is 0 Å². The maximum absolute atomic E-state index is 11.8. The third kappa shape index (κ3) is 3.06. The van der Waals surface area contributed by atoms with Gasteiger partial charge in [0.05, 0.1) is 33.4 Å². The van der Waals surface area contributed by atoms with Crippen molar-refractivity contribution in [2.45, 2.75) is 19.6 Å². The monoisotopic (exact) mass is 298 g/mol. The lowest BCUT2D eigenvalue weighted by atomic mass is 9.92. The molecule has 8 nitrogen and oxygen atoms in total. The highest BCUT2D eigenvalue weighted by Gasteiger charge is 2.37. The molecular weight excluding hydrogens is 280 g/mol. The van der Waals surface area contributed by atoms with Crippen molar-refractivity contribution in [2.75, 3.05) is 27.4 Å². The van der Waals surface area contributed by atoms with Gasteiger partial charge in [-0.3, -0.25) is 5.43 Å². The largest absolute Gasteiger partial charge is 0.464 e. The minimum absolute atomic E-state index is 0.149. The van der Waals surface area contributed by atoms with Crippen LogP contribution in [0.4, 0.5) is 0 Å². The molecule has 0 spiro atoms. The molecule has 0 amide bonds. The number of rotatable bonds is 3. The predicted molar refractivity (Wildman–Crippen MR) is 71.1 cm³/mol. The van der Waals surface area contributed by atoms with Crippen molar-refractivity contribution in [1.82, 2.24) is 5.43 Å². The van der Waals surface area contributed by atoms with Gasteiger partial charge in [-0.2, -0.15) is 5.10 Å². The highest BCUT2D eigenvalue weighted by Crippen LogP contribution is 2.27. The summed E-state index contributed by atoms with van der Waals surface area (Å²) in [5.74, 6) is -1.64. The first-order valence-electron chi connectivity index (χ1n) is 6.58. The third-order valence-corrected chi connectivity index (χ3v) is 3.35. The molecule has 8 heteroatoms. The molecule has 2 aliphatic rings. The fourth-order valence-electron chi connectivity index (χ4n) is 2.20. The molecule has 2 atom stereocenters. The fourth-order valence-corrected chi connectivity index (χ4v) is 2.20. The molecule has 0 aromatic heterocycles. The zero-order valence-corrected chi connectivity index (χ0v) is 12.2. The summed E-state index contributed by atoms with van der Waals surface area (Å²) in [6.07, 6.45) is 0.270. The van der Waals surface area contributed by atoms with Gasteiger partial charge in [0.25, 0.3) is 0 Å². The molecular formula is C13H18N2O6. The zero-order valence-electron chi connectivity index (χ0n) is 12.2. The van der Waals surface area contributed by atoms with E-state index in [0.717, 1.165) is 0 Å². The van der Waals surface area contributed by atoms with E-state index in [1.807, 2.05) is 6.92 Å². The summed E-state index contributed by atoms with van der Waals surface area (Å²) >= 11 is 0. The van der Waals surface area contributed by atoms with Crippen LogP contribution in [-0.2, 0) is 28.5 Å². The summed E-state index contributed by atoms with van der Waals surface area (Å²) in [6, 6.07) is 0. The van der Waals surface area contributed by atoms with Crippen molar-refractivity contribution in [3.63, 3.8) is 0 Å². The van der Waals surface area contributed by atoms with E-state index in [9.17, 15) is 9.59 Å². The van der Waals surface area contributed by atoms with Crippen LogP contribution in [0.15, 0.2) is 16.4 Å². The first-order chi connectivity index (χ1) is 10.1. The van der Waals surface area contributed by atoms with Gasteiger partial charge in [-0.25, -0.2) is 9.59 Å². The fraction of sp³-hybridized carbons (Fsp3) is 0.615. The van der Waals surface area contributed by atoms with Gasteiger partial charge in [-0.05, 0) is 12.0 Å². The smallest absolute Gasteiger partial charge is 0.356 e. The van der Waals surface area contributed by atoms with Crippen LogP contribution in [0.3, 0.4) is 0 Å². The van der Waals surface area contributed by atoms with Gasteiger partial charge < -0.3 is 18.9 Å². The molecule has 0 aromatic carbocycles. The molecule has 1 fully saturated rings. The van der Waals surface area contributed by atoms with Crippen LogP contribution in [0.1, 0.15) is 13.3 Å². The molecule has 1 saturated heterocycles. The molecule has 2 heterocycles.